The summed E-state index contributed by atoms with van der Waals surface area (Å²) >= 11 is 4.95. The third kappa shape index (κ3) is 3.17. The van der Waals surface area contributed by atoms with Gasteiger partial charge >= 0.3 is 0 Å². The molecule has 0 aliphatic heterocycles. The van der Waals surface area contributed by atoms with Gasteiger partial charge in [0.1, 0.15) is 4.83 Å². The zero-order valence-electron chi connectivity index (χ0n) is 14.7. The van der Waals surface area contributed by atoms with Crippen molar-refractivity contribution in [2.75, 3.05) is 0 Å². The van der Waals surface area contributed by atoms with Crippen molar-refractivity contribution in [3.63, 3.8) is 0 Å². The van der Waals surface area contributed by atoms with Gasteiger partial charge in [0.15, 0.2) is 5.16 Å². The molecule has 132 valence electrons. The van der Waals surface area contributed by atoms with Crippen LogP contribution in [0.3, 0.4) is 0 Å². The number of thiophene rings is 1. The van der Waals surface area contributed by atoms with Gasteiger partial charge in [0.25, 0.3) is 5.56 Å². The van der Waals surface area contributed by atoms with Crippen LogP contribution in [0.2, 0.25) is 0 Å². The van der Waals surface area contributed by atoms with Gasteiger partial charge in [0, 0.05) is 22.1 Å². The zero-order valence-corrected chi connectivity index (χ0v) is 17.1. The van der Waals surface area contributed by atoms with Crippen LogP contribution in [0, 0.1) is 20.8 Å². The number of aromatic nitrogens is 3. The Kier molecular flexibility index (Phi) is 4.73. The van der Waals surface area contributed by atoms with E-state index in [9.17, 15) is 4.79 Å². The predicted octanol–water partition coefficient (Wildman–Crippen LogP) is 5.25. The van der Waals surface area contributed by atoms with E-state index in [1.54, 1.807) is 34.4 Å². The second kappa shape index (κ2) is 6.85. The first-order valence-corrected chi connectivity index (χ1v) is 11.3. The molecule has 25 heavy (non-hydrogen) atoms. The molecule has 3 aromatic heterocycles. The molecule has 7 heteroatoms. The van der Waals surface area contributed by atoms with Gasteiger partial charge in [-0.3, -0.25) is 9.36 Å². The number of rotatable bonds is 4. The van der Waals surface area contributed by atoms with Crippen molar-refractivity contribution in [2.24, 2.45) is 0 Å². The summed E-state index contributed by atoms with van der Waals surface area (Å²) in [5.41, 5.74) is 2.31. The van der Waals surface area contributed by atoms with Gasteiger partial charge in [0.2, 0.25) is 0 Å². The molecule has 1 saturated carbocycles. The molecule has 0 unspecified atom stereocenters. The largest absolute Gasteiger partial charge is 0.284 e. The van der Waals surface area contributed by atoms with Crippen molar-refractivity contribution in [1.29, 1.82) is 0 Å². The highest BCUT2D eigenvalue weighted by Crippen LogP contribution is 2.35. The van der Waals surface area contributed by atoms with E-state index in [-0.39, 0.29) is 5.56 Å². The Hall–Kier alpha value is -1.18. The van der Waals surface area contributed by atoms with Gasteiger partial charge in [-0.25, -0.2) is 9.97 Å². The minimum Gasteiger partial charge on any atom is -0.284 e. The highest BCUT2D eigenvalue weighted by molar-refractivity contribution is 7.98. The molecule has 0 saturated heterocycles. The van der Waals surface area contributed by atoms with Crippen LogP contribution in [0.1, 0.15) is 52.9 Å². The predicted molar refractivity (Wildman–Crippen MR) is 107 cm³/mol. The summed E-state index contributed by atoms with van der Waals surface area (Å²) in [4.78, 5) is 24.8. The molecule has 1 aliphatic carbocycles. The van der Waals surface area contributed by atoms with E-state index in [0.29, 0.717) is 6.04 Å². The lowest BCUT2D eigenvalue weighted by Gasteiger charge is -2.17. The lowest BCUT2D eigenvalue weighted by molar-refractivity contribution is 0.458. The lowest BCUT2D eigenvalue weighted by atomic mass is 10.2. The second-order valence-electron chi connectivity index (χ2n) is 6.62. The average Bonchev–Trinajstić information content (AvgIpc) is 3.28. The van der Waals surface area contributed by atoms with E-state index in [4.69, 9.17) is 4.98 Å². The number of thioether (sulfide) groups is 1. The molecule has 4 nitrogen and oxygen atoms in total. The SMILES string of the molecule is Cc1nc(CSc2nc3sc(C)c(C)c3c(=O)n2C2CCCC2)cs1. The number of nitrogens with zero attached hydrogens (tertiary/aromatic N) is 3. The van der Waals surface area contributed by atoms with Crippen molar-refractivity contribution in [3.8, 4) is 0 Å². The number of hydrogen-bond donors (Lipinski definition) is 0. The Morgan fingerprint density at radius 2 is 2.00 bits per heavy atom. The Balaban J connectivity index is 1.80. The Bertz CT molecular complexity index is 980. The Morgan fingerprint density at radius 1 is 1.24 bits per heavy atom. The first-order valence-electron chi connectivity index (χ1n) is 8.60. The van der Waals surface area contributed by atoms with Crippen LogP contribution in [0.25, 0.3) is 10.2 Å². The van der Waals surface area contributed by atoms with Gasteiger partial charge in [-0.05, 0) is 39.2 Å². The van der Waals surface area contributed by atoms with Crippen molar-refractivity contribution < 1.29 is 0 Å². The molecular formula is C18H21N3OS3. The van der Waals surface area contributed by atoms with Crippen LogP contribution >= 0.6 is 34.4 Å². The van der Waals surface area contributed by atoms with E-state index < -0.39 is 0 Å². The Labute approximate surface area is 159 Å². The molecule has 0 aromatic carbocycles. The summed E-state index contributed by atoms with van der Waals surface area (Å²) in [6.45, 7) is 6.14. The highest BCUT2D eigenvalue weighted by atomic mass is 32.2. The van der Waals surface area contributed by atoms with Crippen molar-refractivity contribution in [3.05, 3.63) is 36.9 Å². The Morgan fingerprint density at radius 3 is 2.68 bits per heavy atom. The molecule has 1 fully saturated rings. The average molecular weight is 392 g/mol. The van der Waals surface area contributed by atoms with Crippen LogP contribution < -0.4 is 5.56 Å². The van der Waals surface area contributed by atoms with Crippen LogP contribution in [0.5, 0.6) is 0 Å². The van der Waals surface area contributed by atoms with Crippen LogP contribution in [0.4, 0.5) is 0 Å². The number of hydrogen-bond acceptors (Lipinski definition) is 6. The van der Waals surface area contributed by atoms with E-state index in [1.807, 2.05) is 18.4 Å². The molecule has 0 spiro atoms. The van der Waals surface area contributed by atoms with Crippen LogP contribution in [-0.4, -0.2) is 14.5 Å². The second-order valence-corrected chi connectivity index (χ2v) is 9.83. The minimum atomic E-state index is 0.149. The van der Waals surface area contributed by atoms with Gasteiger partial charge < -0.3 is 0 Å². The molecule has 0 atom stereocenters. The first kappa shape index (κ1) is 17.2. The summed E-state index contributed by atoms with van der Waals surface area (Å²) in [5.74, 6) is 0.762. The molecule has 4 rings (SSSR count). The summed E-state index contributed by atoms with van der Waals surface area (Å²) in [7, 11) is 0. The van der Waals surface area contributed by atoms with E-state index in [1.165, 1.54) is 17.7 Å². The fourth-order valence-electron chi connectivity index (χ4n) is 3.49. The molecule has 0 bridgehead atoms. The van der Waals surface area contributed by atoms with Gasteiger partial charge in [-0.15, -0.1) is 22.7 Å². The monoisotopic (exact) mass is 391 g/mol. The minimum absolute atomic E-state index is 0.149. The molecule has 1 aliphatic rings. The number of thiazole rings is 1. The maximum absolute atomic E-state index is 13.3. The van der Waals surface area contributed by atoms with Crippen LogP contribution in [-0.2, 0) is 5.75 Å². The summed E-state index contributed by atoms with van der Waals surface area (Å²) in [6, 6.07) is 0.295. The van der Waals surface area contributed by atoms with E-state index in [0.717, 1.165) is 50.2 Å². The van der Waals surface area contributed by atoms with E-state index in [2.05, 4.69) is 17.3 Å². The normalized spacial score (nSPS) is 15.5. The van der Waals surface area contributed by atoms with Gasteiger partial charge in [-0.1, -0.05) is 24.6 Å². The molecule has 0 radical (unpaired) electrons. The summed E-state index contributed by atoms with van der Waals surface area (Å²) in [6.07, 6.45) is 4.57. The van der Waals surface area contributed by atoms with Crippen molar-refractivity contribution >= 4 is 44.7 Å². The van der Waals surface area contributed by atoms with Crippen molar-refractivity contribution in [1.82, 2.24) is 14.5 Å². The van der Waals surface area contributed by atoms with E-state index >= 15 is 0 Å². The zero-order chi connectivity index (χ0) is 17.6. The maximum atomic E-state index is 13.3. The lowest BCUT2D eigenvalue weighted by Crippen LogP contribution is -2.26. The highest BCUT2D eigenvalue weighted by Gasteiger charge is 2.24. The number of aryl methyl sites for hydroxylation is 3. The third-order valence-electron chi connectivity index (χ3n) is 4.91. The fourth-order valence-corrected chi connectivity index (χ4v) is 6.23. The van der Waals surface area contributed by atoms with Crippen molar-refractivity contribution in [2.45, 2.75) is 63.4 Å². The molecule has 0 N–H and O–H groups in total. The maximum Gasteiger partial charge on any atom is 0.263 e. The topological polar surface area (TPSA) is 47.8 Å². The molecule has 3 heterocycles. The van der Waals surface area contributed by atoms with Gasteiger partial charge in [-0.2, -0.15) is 0 Å². The number of fused-ring (bicyclic) bond motifs is 1. The molecular weight excluding hydrogens is 370 g/mol. The van der Waals surface area contributed by atoms with Crippen LogP contribution in [0.15, 0.2) is 15.3 Å². The smallest absolute Gasteiger partial charge is 0.263 e. The van der Waals surface area contributed by atoms with Gasteiger partial charge in [0.05, 0.1) is 16.1 Å². The first-order chi connectivity index (χ1) is 12.0. The third-order valence-corrected chi connectivity index (χ3v) is 7.82. The summed E-state index contributed by atoms with van der Waals surface area (Å²) in [5, 5.41) is 4.86. The fraction of sp³-hybridized carbons (Fsp3) is 0.500. The quantitative estimate of drug-likeness (QED) is 0.450. The summed E-state index contributed by atoms with van der Waals surface area (Å²) < 4.78 is 1.98. The molecule has 0 amide bonds. The molecule has 3 aromatic rings. The standard InChI is InChI=1S/C18H21N3OS3/c1-10-11(2)25-16-15(10)17(22)21(14-6-4-5-7-14)18(20-16)24-9-13-8-23-12(3)19-13/h8,14H,4-7,9H2,1-3H3.